The number of aromatic hydroxyl groups is 1. The largest absolute Gasteiger partial charge is 0.508 e. The van der Waals surface area contributed by atoms with Crippen LogP contribution in [0.25, 0.3) is 11.1 Å². The van der Waals surface area contributed by atoms with E-state index in [4.69, 9.17) is 4.74 Å². The maximum Gasteiger partial charge on any atom is 0.326 e. The van der Waals surface area contributed by atoms with Crippen molar-refractivity contribution in [2.75, 3.05) is 12.0 Å². The molecule has 3 aromatic rings. The molecule has 0 bridgehead atoms. The lowest BCUT2D eigenvalue weighted by Crippen LogP contribution is -2.41. The Morgan fingerprint density at radius 3 is 2.38 bits per heavy atom. The second-order valence-electron chi connectivity index (χ2n) is 8.00. The monoisotopic (exact) mass is 479 g/mol. The highest BCUT2D eigenvalue weighted by Crippen LogP contribution is 2.29. The normalized spacial score (nSPS) is 11.7. The Labute approximate surface area is 204 Å². The number of aryl methyl sites for hydroxylation is 1. The molecule has 0 aromatic heterocycles. The molecule has 0 fully saturated rings. The maximum atomic E-state index is 13.1. The number of thioether (sulfide) groups is 1. The molecule has 3 N–H and O–H groups in total. The molecule has 1 amide bonds. The number of carbonyl (C=O) groups is 2. The van der Waals surface area contributed by atoms with Crippen LogP contribution in [0.2, 0.25) is 0 Å². The van der Waals surface area contributed by atoms with Crippen molar-refractivity contribution in [1.29, 1.82) is 0 Å². The summed E-state index contributed by atoms with van der Waals surface area (Å²) in [7, 11) is 0. The van der Waals surface area contributed by atoms with Crippen LogP contribution in [0.5, 0.6) is 5.75 Å². The van der Waals surface area contributed by atoms with Gasteiger partial charge in [0, 0.05) is 5.56 Å². The second-order valence-corrected chi connectivity index (χ2v) is 8.99. The zero-order chi connectivity index (χ0) is 24.5. The minimum Gasteiger partial charge on any atom is -0.508 e. The molecule has 0 aliphatic heterocycles. The number of hydrogen-bond acceptors (Lipinski definition) is 5. The number of phenols is 1. The molecule has 34 heavy (non-hydrogen) atoms. The summed E-state index contributed by atoms with van der Waals surface area (Å²) in [5, 5.41) is 21.8. The number of amides is 1. The first-order valence-corrected chi connectivity index (χ1v) is 12.4. The Morgan fingerprint density at radius 1 is 0.971 bits per heavy atom. The van der Waals surface area contributed by atoms with Crippen LogP contribution >= 0.6 is 11.8 Å². The van der Waals surface area contributed by atoms with Crippen molar-refractivity contribution in [3.63, 3.8) is 0 Å². The third kappa shape index (κ3) is 6.85. The summed E-state index contributed by atoms with van der Waals surface area (Å²) in [6.45, 7) is 2.63. The van der Waals surface area contributed by atoms with E-state index in [9.17, 15) is 19.8 Å². The van der Waals surface area contributed by atoms with Crippen molar-refractivity contribution in [3.05, 3.63) is 89.0 Å². The molecule has 3 rings (SSSR count). The number of rotatable bonds is 11. The van der Waals surface area contributed by atoms with Gasteiger partial charge >= 0.3 is 5.97 Å². The van der Waals surface area contributed by atoms with Crippen molar-refractivity contribution in [3.8, 4) is 16.9 Å². The average molecular weight is 480 g/mol. The fraction of sp³-hybridized carbons (Fsp3) is 0.259. The lowest BCUT2D eigenvalue weighted by atomic mass is 9.93. The summed E-state index contributed by atoms with van der Waals surface area (Å²) in [4.78, 5) is 24.8. The molecular formula is C27H29NO5S. The molecule has 0 saturated heterocycles. The number of ether oxygens (including phenoxy) is 1. The predicted molar refractivity (Wildman–Crippen MR) is 135 cm³/mol. The summed E-state index contributed by atoms with van der Waals surface area (Å²) in [6, 6.07) is 19.2. The molecule has 0 aliphatic carbocycles. The van der Waals surface area contributed by atoms with Gasteiger partial charge in [0.25, 0.3) is 5.91 Å². The number of aliphatic carboxylic acids is 1. The number of carboxylic acid groups (broad SMARTS) is 1. The van der Waals surface area contributed by atoms with Crippen LogP contribution in [0.1, 0.15) is 33.5 Å². The van der Waals surface area contributed by atoms with E-state index in [2.05, 4.69) is 5.32 Å². The SMILES string of the molecule is CSCC[C@H](NC(=O)c1ccc(COCc2cccc(O)c2)cc1-c1ccccc1C)C(=O)O. The topological polar surface area (TPSA) is 95.9 Å². The van der Waals surface area contributed by atoms with E-state index in [0.29, 0.717) is 31.0 Å². The van der Waals surface area contributed by atoms with Gasteiger partial charge in [-0.1, -0.05) is 42.5 Å². The number of hydrogen-bond donors (Lipinski definition) is 3. The van der Waals surface area contributed by atoms with E-state index in [1.54, 1.807) is 24.3 Å². The standard InChI is InChI=1S/C27H29NO5S/c1-18-6-3-4-9-22(18)24-15-20(17-33-16-19-7-5-8-21(29)14-19)10-11-23(24)26(30)28-25(27(31)32)12-13-34-2/h3-11,14-15,25,29H,12-13,16-17H2,1-2H3,(H,28,30)(H,31,32)/t25-/m0/s1. The number of carbonyl (C=O) groups excluding carboxylic acids is 1. The molecule has 0 heterocycles. The molecule has 1 atom stereocenters. The summed E-state index contributed by atoms with van der Waals surface area (Å²) in [6.07, 6.45) is 2.25. The third-order valence-corrected chi connectivity index (χ3v) is 6.07. The van der Waals surface area contributed by atoms with E-state index < -0.39 is 17.9 Å². The number of carboxylic acids is 1. The van der Waals surface area contributed by atoms with Crippen LogP contribution in [0, 0.1) is 6.92 Å². The lowest BCUT2D eigenvalue weighted by Gasteiger charge is -2.18. The summed E-state index contributed by atoms with van der Waals surface area (Å²) >= 11 is 1.54. The van der Waals surface area contributed by atoms with Gasteiger partial charge in [0.15, 0.2) is 0 Å². The Balaban J connectivity index is 1.85. The van der Waals surface area contributed by atoms with Crippen LogP contribution < -0.4 is 5.32 Å². The Morgan fingerprint density at radius 2 is 1.71 bits per heavy atom. The van der Waals surface area contributed by atoms with Crippen LogP contribution in [-0.2, 0) is 22.7 Å². The van der Waals surface area contributed by atoms with Gasteiger partial charge in [-0.25, -0.2) is 4.79 Å². The molecule has 6 nitrogen and oxygen atoms in total. The molecule has 3 aromatic carbocycles. The van der Waals surface area contributed by atoms with Gasteiger partial charge in [-0.15, -0.1) is 0 Å². The smallest absolute Gasteiger partial charge is 0.326 e. The quantitative estimate of drug-likeness (QED) is 0.357. The Bertz CT molecular complexity index is 1150. The van der Waals surface area contributed by atoms with Gasteiger partial charge in [-0.05, 0) is 77.4 Å². The van der Waals surface area contributed by atoms with E-state index in [1.165, 1.54) is 11.8 Å². The van der Waals surface area contributed by atoms with Gasteiger partial charge < -0.3 is 20.3 Å². The minimum absolute atomic E-state index is 0.190. The Hall–Kier alpha value is -3.29. The average Bonchev–Trinajstić information content (AvgIpc) is 2.82. The minimum atomic E-state index is -1.04. The highest BCUT2D eigenvalue weighted by Gasteiger charge is 2.22. The van der Waals surface area contributed by atoms with Crippen molar-refractivity contribution < 1.29 is 24.5 Å². The van der Waals surface area contributed by atoms with E-state index in [-0.39, 0.29) is 5.75 Å². The van der Waals surface area contributed by atoms with Crippen LogP contribution in [-0.4, -0.2) is 40.1 Å². The second kappa shape index (κ2) is 12.3. The van der Waals surface area contributed by atoms with Crippen molar-refractivity contribution >= 4 is 23.6 Å². The van der Waals surface area contributed by atoms with E-state index in [1.807, 2.05) is 55.6 Å². The van der Waals surface area contributed by atoms with Gasteiger partial charge in [-0.3, -0.25) is 4.79 Å². The third-order valence-electron chi connectivity index (χ3n) is 5.43. The van der Waals surface area contributed by atoms with E-state index in [0.717, 1.165) is 27.8 Å². The van der Waals surface area contributed by atoms with Gasteiger partial charge in [0.1, 0.15) is 11.8 Å². The van der Waals surface area contributed by atoms with Crippen LogP contribution in [0.4, 0.5) is 0 Å². The molecule has 0 radical (unpaired) electrons. The number of benzene rings is 3. The molecule has 178 valence electrons. The van der Waals surface area contributed by atoms with Crippen molar-refractivity contribution in [1.82, 2.24) is 5.32 Å². The zero-order valence-electron chi connectivity index (χ0n) is 19.3. The Kier molecular flexibility index (Phi) is 9.13. The molecule has 0 aliphatic rings. The van der Waals surface area contributed by atoms with Crippen molar-refractivity contribution in [2.45, 2.75) is 32.6 Å². The molecule has 0 spiro atoms. The molecule has 7 heteroatoms. The maximum absolute atomic E-state index is 13.1. The zero-order valence-corrected chi connectivity index (χ0v) is 20.1. The number of nitrogens with one attached hydrogen (secondary N) is 1. The first-order valence-electron chi connectivity index (χ1n) is 11.0. The van der Waals surface area contributed by atoms with E-state index >= 15 is 0 Å². The van der Waals surface area contributed by atoms with Gasteiger partial charge in [-0.2, -0.15) is 11.8 Å². The first kappa shape index (κ1) is 25.3. The van der Waals surface area contributed by atoms with Gasteiger partial charge in [0.2, 0.25) is 0 Å². The fourth-order valence-corrected chi connectivity index (χ4v) is 4.11. The molecular weight excluding hydrogens is 450 g/mol. The van der Waals surface area contributed by atoms with Crippen LogP contribution in [0.15, 0.2) is 66.7 Å². The predicted octanol–water partition coefficient (Wildman–Crippen LogP) is 5.02. The lowest BCUT2D eigenvalue weighted by molar-refractivity contribution is -0.139. The first-order chi connectivity index (χ1) is 16.4. The summed E-state index contributed by atoms with van der Waals surface area (Å²) in [5.41, 5.74) is 4.79. The van der Waals surface area contributed by atoms with Crippen molar-refractivity contribution in [2.24, 2.45) is 0 Å². The molecule has 0 saturated carbocycles. The van der Waals surface area contributed by atoms with Gasteiger partial charge in [0.05, 0.1) is 13.2 Å². The highest BCUT2D eigenvalue weighted by atomic mass is 32.2. The number of phenolic OH excluding ortho intramolecular Hbond substituents is 1. The summed E-state index contributed by atoms with van der Waals surface area (Å²) in [5.74, 6) is -0.636. The highest BCUT2D eigenvalue weighted by molar-refractivity contribution is 7.98. The van der Waals surface area contributed by atoms with Crippen LogP contribution in [0.3, 0.4) is 0 Å². The fourth-order valence-electron chi connectivity index (χ4n) is 3.64. The summed E-state index contributed by atoms with van der Waals surface area (Å²) < 4.78 is 5.83. The molecule has 0 unspecified atom stereocenters.